The summed E-state index contributed by atoms with van der Waals surface area (Å²) in [5.41, 5.74) is 1.16. The Balaban J connectivity index is 1.41. The quantitative estimate of drug-likeness (QED) is 0.455. The maximum atomic E-state index is 13.4. The maximum Gasteiger partial charge on any atom is 0.286 e. The highest BCUT2D eigenvalue weighted by Crippen LogP contribution is 2.39. The summed E-state index contributed by atoms with van der Waals surface area (Å²) in [6.07, 6.45) is 1.21. The van der Waals surface area contributed by atoms with Crippen LogP contribution in [-0.4, -0.2) is 44.1 Å². The molecule has 2 aromatic carbocycles. The van der Waals surface area contributed by atoms with Crippen molar-refractivity contribution in [3.63, 3.8) is 0 Å². The van der Waals surface area contributed by atoms with Crippen molar-refractivity contribution in [2.45, 2.75) is 23.8 Å². The van der Waals surface area contributed by atoms with Crippen LogP contribution in [0.25, 0.3) is 11.0 Å². The Morgan fingerprint density at radius 1 is 1.16 bits per heavy atom. The third kappa shape index (κ3) is 3.77. The molecule has 1 saturated heterocycles. The zero-order chi connectivity index (χ0) is 22.3. The number of halogens is 1. The van der Waals surface area contributed by atoms with Gasteiger partial charge in [0.2, 0.25) is 15.0 Å². The summed E-state index contributed by atoms with van der Waals surface area (Å²) in [5.74, 6) is -1.01. The lowest BCUT2D eigenvalue weighted by atomic mass is 10.2. The monoisotopic (exact) mass is 490 g/mol. The summed E-state index contributed by atoms with van der Waals surface area (Å²) >= 11 is 1.98. The largest absolute Gasteiger partial charge is 0.320 e. The van der Waals surface area contributed by atoms with Crippen molar-refractivity contribution in [2.75, 3.05) is 11.9 Å². The number of benzene rings is 2. The van der Waals surface area contributed by atoms with Crippen LogP contribution in [0.1, 0.15) is 33.7 Å². The molecule has 4 aromatic rings. The topological polar surface area (TPSA) is 118 Å². The van der Waals surface area contributed by atoms with E-state index in [1.165, 1.54) is 28.6 Å². The fraction of sp³-hybridized carbons (Fsp3) is 0.211. The molecule has 1 aliphatic heterocycles. The zero-order valence-corrected chi connectivity index (χ0v) is 18.8. The van der Waals surface area contributed by atoms with Crippen molar-refractivity contribution in [3.05, 3.63) is 58.3 Å². The van der Waals surface area contributed by atoms with Crippen molar-refractivity contribution in [3.8, 4) is 0 Å². The Bertz CT molecular complexity index is 1420. The summed E-state index contributed by atoms with van der Waals surface area (Å²) in [6.45, 7) is 0.325. The van der Waals surface area contributed by atoms with Crippen LogP contribution in [0.15, 0.2) is 47.4 Å². The number of nitrogens with zero attached hydrogens (tertiary/aromatic N) is 5. The normalized spacial score (nSPS) is 17.1. The fourth-order valence-electron chi connectivity index (χ4n) is 3.60. The van der Waals surface area contributed by atoms with Crippen molar-refractivity contribution in [2.24, 2.45) is 0 Å². The Labute approximate surface area is 190 Å². The van der Waals surface area contributed by atoms with E-state index in [0.29, 0.717) is 41.1 Å². The van der Waals surface area contributed by atoms with E-state index in [4.69, 9.17) is 0 Å². The first-order valence-electron chi connectivity index (χ1n) is 9.57. The van der Waals surface area contributed by atoms with Gasteiger partial charge < -0.3 is 5.32 Å². The van der Waals surface area contributed by atoms with E-state index < -0.39 is 27.8 Å². The molecule has 0 aliphatic carbocycles. The summed E-state index contributed by atoms with van der Waals surface area (Å²) in [6, 6.07) is 9.85. The molecule has 9 nitrogen and oxygen atoms in total. The van der Waals surface area contributed by atoms with Crippen LogP contribution in [0.4, 0.5) is 10.1 Å². The van der Waals surface area contributed by atoms with Gasteiger partial charge in [-0.15, -0.1) is 10.2 Å². The van der Waals surface area contributed by atoms with Crippen molar-refractivity contribution in [1.82, 2.24) is 23.2 Å². The molecule has 0 saturated carbocycles. The minimum Gasteiger partial charge on any atom is -0.320 e. The standard InChI is InChI=1S/C19H15FN6O3S3/c20-11-4-1-5-12(10-11)21-17(27)19-23-22-18(30-19)14-7-3-9-26(14)32(28,29)15-8-2-6-13-16(15)25-31-24-13/h1-2,4-6,8,10,14H,3,7,9H2,(H,21,27)/t14-/m0/s1. The van der Waals surface area contributed by atoms with Crippen LogP contribution in [0, 0.1) is 5.82 Å². The maximum absolute atomic E-state index is 13.4. The van der Waals surface area contributed by atoms with Crippen LogP contribution in [-0.2, 0) is 10.0 Å². The van der Waals surface area contributed by atoms with Crippen LogP contribution in [0.5, 0.6) is 0 Å². The molecule has 164 valence electrons. The molecule has 1 N–H and O–H groups in total. The number of nitrogens with one attached hydrogen (secondary N) is 1. The minimum absolute atomic E-state index is 0.0688. The molecular weight excluding hydrogens is 475 g/mol. The second-order valence-corrected chi connectivity index (χ2v) is 10.5. The lowest BCUT2D eigenvalue weighted by Gasteiger charge is -2.22. The number of fused-ring (bicyclic) bond motifs is 1. The van der Waals surface area contributed by atoms with Gasteiger partial charge in [0.1, 0.15) is 26.8 Å². The third-order valence-electron chi connectivity index (χ3n) is 5.04. The molecule has 13 heteroatoms. The van der Waals surface area contributed by atoms with Gasteiger partial charge >= 0.3 is 0 Å². The molecule has 2 aromatic heterocycles. The Hall–Kier alpha value is -2.87. The van der Waals surface area contributed by atoms with E-state index in [2.05, 4.69) is 24.3 Å². The second-order valence-electron chi connectivity index (χ2n) is 7.07. The number of hydrogen-bond donors (Lipinski definition) is 1. The van der Waals surface area contributed by atoms with Gasteiger partial charge in [-0.1, -0.05) is 23.5 Å². The average molecular weight is 491 g/mol. The molecule has 1 atom stereocenters. The van der Waals surface area contributed by atoms with Gasteiger partial charge in [0, 0.05) is 12.2 Å². The van der Waals surface area contributed by atoms with Gasteiger partial charge in [-0.05, 0) is 43.2 Å². The predicted octanol–water partition coefficient (Wildman–Crippen LogP) is 3.46. The highest BCUT2D eigenvalue weighted by atomic mass is 32.2. The third-order valence-corrected chi connectivity index (χ3v) is 8.55. The molecule has 32 heavy (non-hydrogen) atoms. The van der Waals surface area contributed by atoms with E-state index in [0.717, 1.165) is 23.1 Å². The first-order valence-corrected chi connectivity index (χ1v) is 12.6. The Morgan fingerprint density at radius 3 is 2.84 bits per heavy atom. The SMILES string of the molecule is O=C(Nc1cccc(F)c1)c1nnc([C@@H]2CCCN2S(=O)(=O)c2cccc3nsnc23)s1. The Morgan fingerprint density at radius 2 is 2.00 bits per heavy atom. The van der Waals surface area contributed by atoms with E-state index in [1.54, 1.807) is 18.2 Å². The lowest BCUT2D eigenvalue weighted by Crippen LogP contribution is -2.30. The number of sulfonamides is 1. The molecule has 0 radical (unpaired) electrons. The fourth-order valence-corrected chi connectivity index (χ4v) is 6.97. The smallest absolute Gasteiger partial charge is 0.286 e. The van der Waals surface area contributed by atoms with Crippen molar-refractivity contribution >= 4 is 55.7 Å². The van der Waals surface area contributed by atoms with Crippen molar-refractivity contribution < 1.29 is 17.6 Å². The molecule has 1 fully saturated rings. The molecule has 0 bridgehead atoms. The lowest BCUT2D eigenvalue weighted by molar-refractivity contribution is 0.102. The number of amides is 1. The van der Waals surface area contributed by atoms with E-state index in [1.807, 2.05) is 0 Å². The van der Waals surface area contributed by atoms with Gasteiger partial charge in [-0.3, -0.25) is 4.79 Å². The predicted molar refractivity (Wildman–Crippen MR) is 118 cm³/mol. The first kappa shape index (κ1) is 21.0. The van der Waals surface area contributed by atoms with Gasteiger partial charge in [0.05, 0.1) is 17.8 Å². The van der Waals surface area contributed by atoms with Crippen LogP contribution >= 0.6 is 23.1 Å². The van der Waals surface area contributed by atoms with Crippen LogP contribution < -0.4 is 5.32 Å². The molecular formula is C19H15FN6O3S3. The van der Waals surface area contributed by atoms with Gasteiger partial charge in [-0.25, -0.2) is 12.8 Å². The second kappa shape index (κ2) is 8.24. The molecule has 1 aliphatic rings. The number of rotatable bonds is 5. The Kier molecular flexibility index (Phi) is 5.41. The highest BCUT2D eigenvalue weighted by molar-refractivity contribution is 7.89. The molecule has 3 heterocycles. The number of aromatic nitrogens is 4. The molecule has 1 amide bonds. The summed E-state index contributed by atoms with van der Waals surface area (Å²) in [5, 5.41) is 11.1. The van der Waals surface area contributed by atoms with Gasteiger partial charge in [0.15, 0.2) is 0 Å². The first-order chi connectivity index (χ1) is 15.4. The van der Waals surface area contributed by atoms with Gasteiger partial charge in [-0.2, -0.15) is 13.1 Å². The van der Waals surface area contributed by atoms with Crippen molar-refractivity contribution in [1.29, 1.82) is 0 Å². The molecule has 0 unspecified atom stereocenters. The van der Waals surface area contributed by atoms with E-state index in [-0.39, 0.29) is 9.90 Å². The minimum atomic E-state index is -3.86. The number of hydrogen-bond acceptors (Lipinski definition) is 9. The van der Waals surface area contributed by atoms with Crippen LogP contribution in [0.3, 0.4) is 0 Å². The van der Waals surface area contributed by atoms with E-state index >= 15 is 0 Å². The average Bonchev–Trinajstić information content (AvgIpc) is 3.53. The molecule has 0 spiro atoms. The van der Waals surface area contributed by atoms with E-state index in [9.17, 15) is 17.6 Å². The van der Waals surface area contributed by atoms with Crippen LogP contribution in [0.2, 0.25) is 0 Å². The number of carbonyl (C=O) groups excluding carboxylic acids is 1. The summed E-state index contributed by atoms with van der Waals surface area (Å²) in [4.78, 5) is 12.6. The highest BCUT2D eigenvalue weighted by Gasteiger charge is 2.39. The summed E-state index contributed by atoms with van der Waals surface area (Å²) < 4.78 is 49.9. The summed E-state index contributed by atoms with van der Waals surface area (Å²) in [7, 11) is -3.86. The number of carbonyl (C=O) groups is 1. The number of anilines is 1. The van der Waals surface area contributed by atoms with Gasteiger partial charge in [0.25, 0.3) is 5.91 Å². The zero-order valence-electron chi connectivity index (χ0n) is 16.3. The molecule has 5 rings (SSSR count).